The molecule has 0 radical (unpaired) electrons. The highest BCUT2D eigenvalue weighted by Crippen LogP contribution is 2.29. The van der Waals surface area contributed by atoms with E-state index in [-0.39, 0.29) is 6.04 Å². The van der Waals surface area contributed by atoms with Crippen LogP contribution < -0.4 is 10.1 Å². The van der Waals surface area contributed by atoms with Gasteiger partial charge in [0.2, 0.25) is 0 Å². The molecule has 4 heteroatoms. The Labute approximate surface area is 108 Å². The number of aliphatic hydroxyl groups excluding tert-OH is 1. The molecule has 1 heterocycles. The van der Waals surface area contributed by atoms with Gasteiger partial charge in [0.05, 0.1) is 26.4 Å². The molecule has 100 valence electrons. The molecular weight excluding hydrogens is 230 g/mol. The molecule has 0 bridgehead atoms. The number of benzene rings is 1. The van der Waals surface area contributed by atoms with E-state index >= 15 is 0 Å². The van der Waals surface area contributed by atoms with Crippen molar-refractivity contribution in [3.05, 3.63) is 29.3 Å². The summed E-state index contributed by atoms with van der Waals surface area (Å²) >= 11 is 0. The van der Waals surface area contributed by atoms with E-state index in [1.165, 1.54) is 0 Å². The quantitative estimate of drug-likeness (QED) is 0.849. The van der Waals surface area contributed by atoms with Gasteiger partial charge in [0.15, 0.2) is 0 Å². The highest BCUT2D eigenvalue weighted by Gasteiger charge is 2.20. The molecule has 1 aromatic rings. The van der Waals surface area contributed by atoms with Gasteiger partial charge in [-0.05, 0) is 25.5 Å². The number of aliphatic hydroxyl groups is 1. The van der Waals surface area contributed by atoms with Crippen LogP contribution in [0.1, 0.15) is 23.7 Å². The molecule has 0 saturated carbocycles. The van der Waals surface area contributed by atoms with Gasteiger partial charge in [-0.25, -0.2) is 0 Å². The molecule has 0 amide bonds. The minimum absolute atomic E-state index is 0.207. The third-order valence-electron chi connectivity index (χ3n) is 3.25. The van der Waals surface area contributed by atoms with E-state index in [4.69, 9.17) is 9.47 Å². The van der Waals surface area contributed by atoms with Crippen LogP contribution in [0.25, 0.3) is 0 Å². The van der Waals surface area contributed by atoms with Crippen molar-refractivity contribution in [2.24, 2.45) is 0 Å². The Hall–Kier alpha value is -1.10. The van der Waals surface area contributed by atoms with Gasteiger partial charge in [-0.1, -0.05) is 11.6 Å². The summed E-state index contributed by atoms with van der Waals surface area (Å²) in [6.07, 6.45) is 0.110. The maximum absolute atomic E-state index is 10.3. The normalized spacial score (nSPS) is 21.6. The van der Waals surface area contributed by atoms with Crippen LogP contribution in [0.3, 0.4) is 0 Å². The Morgan fingerprint density at radius 3 is 3.06 bits per heavy atom. The fraction of sp³-hybridized carbons (Fsp3) is 0.571. The molecule has 1 aliphatic rings. The average Bonchev–Trinajstić information content (AvgIpc) is 2.40. The number of hydrogen-bond donors (Lipinski definition) is 2. The topological polar surface area (TPSA) is 50.7 Å². The summed E-state index contributed by atoms with van der Waals surface area (Å²) in [5.41, 5.74) is 1.97. The van der Waals surface area contributed by atoms with Crippen LogP contribution in [0.15, 0.2) is 18.2 Å². The van der Waals surface area contributed by atoms with Crippen molar-refractivity contribution >= 4 is 0 Å². The molecule has 2 atom stereocenters. The van der Waals surface area contributed by atoms with Crippen molar-refractivity contribution in [2.75, 3.05) is 26.9 Å². The lowest BCUT2D eigenvalue weighted by atomic mass is 9.99. The molecule has 1 saturated heterocycles. The molecule has 1 aromatic carbocycles. The number of ether oxygens (including phenoxy) is 2. The predicted octanol–water partition coefficient (Wildman–Crippen LogP) is 1.42. The molecule has 2 rings (SSSR count). The van der Waals surface area contributed by atoms with Gasteiger partial charge in [-0.2, -0.15) is 0 Å². The number of morpholine rings is 1. The van der Waals surface area contributed by atoms with E-state index in [1.54, 1.807) is 7.11 Å². The summed E-state index contributed by atoms with van der Waals surface area (Å²) in [6.45, 7) is 4.27. The lowest BCUT2D eigenvalue weighted by Crippen LogP contribution is -2.42. The molecule has 4 nitrogen and oxygen atoms in total. The highest BCUT2D eigenvalue weighted by molar-refractivity contribution is 5.38. The maximum Gasteiger partial charge on any atom is 0.124 e. The lowest BCUT2D eigenvalue weighted by Gasteiger charge is -2.26. The molecule has 0 spiro atoms. The zero-order valence-corrected chi connectivity index (χ0v) is 11.0. The second kappa shape index (κ2) is 6.18. The minimum Gasteiger partial charge on any atom is -0.496 e. The van der Waals surface area contributed by atoms with Crippen LogP contribution in [0.4, 0.5) is 0 Å². The maximum atomic E-state index is 10.3. The first kappa shape index (κ1) is 13.3. The largest absolute Gasteiger partial charge is 0.496 e. The van der Waals surface area contributed by atoms with Gasteiger partial charge in [-0.15, -0.1) is 0 Å². The first-order chi connectivity index (χ1) is 8.70. The molecule has 0 aliphatic carbocycles. The van der Waals surface area contributed by atoms with Gasteiger partial charge < -0.3 is 19.9 Å². The molecule has 1 aliphatic heterocycles. The molecule has 2 unspecified atom stereocenters. The fourth-order valence-electron chi connectivity index (χ4n) is 2.28. The van der Waals surface area contributed by atoms with Crippen LogP contribution in [-0.2, 0) is 4.74 Å². The van der Waals surface area contributed by atoms with Crippen molar-refractivity contribution in [1.82, 2.24) is 5.32 Å². The van der Waals surface area contributed by atoms with Crippen molar-refractivity contribution in [2.45, 2.75) is 25.5 Å². The van der Waals surface area contributed by atoms with Crippen LogP contribution in [-0.4, -0.2) is 38.0 Å². The Morgan fingerprint density at radius 2 is 2.39 bits per heavy atom. The summed E-state index contributed by atoms with van der Waals surface area (Å²) in [5, 5.41) is 13.7. The number of aryl methyl sites for hydroxylation is 1. The van der Waals surface area contributed by atoms with Crippen LogP contribution >= 0.6 is 0 Å². The SMILES string of the molecule is COc1ccc(C)cc1C(O)CC1COCCN1. The third kappa shape index (κ3) is 3.22. The molecule has 2 N–H and O–H groups in total. The second-order valence-electron chi connectivity index (χ2n) is 4.72. The van der Waals surface area contributed by atoms with Crippen molar-refractivity contribution in [1.29, 1.82) is 0 Å². The predicted molar refractivity (Wildman–Crippen MR) is 69.9 cm³/mol. The number of rotatable bonds is 4. The van der Waals surface area contributed by atoms with E-state index < -0.39 is 6.10 Å². The zero-order chi connectivity index (χ0) is 13.0. The highest BCUT2D eigenvalue weighted by atomic mass is 16.5. The van der Waals surface area contributed by atoms with Crippen LogP contribution in [0.2, 0.25) is 0 Å². The van der Waals surface area contributed by atoms with Crippen LogP contribution in [0.5, 0.6) is 5.75 Å². The van der Waals surface area contributed by atoms with Gasteiger partial charge >= 0.3 is 0 Å². The number of hydrogen-bond acceptors (Lipinski definition) is 4. The van der Waals surface area contributed by atoms with Crippen molar-refractivity contribution in [3.8, 4) is 5.75 Å². The summed E-state index contributed by atoms with van der Waals surface area (Å²) < 4.78 is 10.7. The molecule has 18 heavy (non-hydrogen) atoms. The van der Waals surface area contributed by atoms with Gasteiger partial charge in [-0.3, -0.25) is 0 Å². The van der Waals surface area contributed by atoms with Crippen LogP contribution in [0, 0.1) is 6.92 Å². The number of methoxy groups -OCH3 is 1. The Kier molecular flexibility index (Phi) is 4.58. The summed E-state index contributed by atoms with van der Waals surface area (Å²) in [7, 11) is 1.63. The lowest BCUT2D eigenvalue weighted by molar-refractivity contribution is 0.0514. The minimum atomic E-state index is -0.529. The van der Waals surface area contributed by atoms with Crippen molar-refractivity contribution in [3.63, 3.8) is 0 Å². The first-order valence-electron chi connectivity index (χ1n) is 6.34. The second-order valence-corrected chi connectivity index (χ2v) is 4.72. The first-order valence-corrected chi connectivity index (χ1v) is 6.34. The Morgan fingerprint density at radius 1 is 1.56 bits per heavy atom. The third-order valence-corrected chi connectivity index (χ3v) is 3.25. The number of nitrogens with one attached hydrogen (secondary N) is 1. The summed E-state index contributed by atoms with van der Waals surface area (Å²) in [5.74, 6) is 0.741. The molecular formula is C14H21NO3. The summed E-state index contributed by atoms with van der Waals surface area (Å²) in [4.78, 5) is 0. The van der Waals surface area contributed by atoms with Gasteiger partial charge in [0, 0.05) is 18.2 Å². The van der Waals surface area contributed by atoms with E-state index in [9.17, 15) is 5.11 Å². The molecule has 1 fully saturated rings. The smallest absolute Gasteiger partial charge is 0.124 e. The Balaban J connectivity index is 2.07. The van der Waals surface area contributed by atoms with Crippen molar-refractivity contribution < 1.29 is 14.6 Å². The average molecular weight is 251 g/mol. The van der Waals surface area contributed by atoms with E-state index in [0.717, 1.165) is 30.0 Å². The summed E-state index contributed by atoms with van der Waals surface area (Å²) in [6, 6.07) is 6.07. The van der Waals surface area contributed by atoms with Gasteiger partial charge in [0.1, 0.15) is 5.75 Å². The molecule has 0 aromatic heterocycles. The van der Waals surface area contributed by atoms with E-state index in [1.807, 2.05) is 25.1 Å². The monoisotopic (exact) mass is 251 g/mol. The van der Waals surface area contributed by atoms with E-state index in [2.05, 4.69) is 5.32 Å². The standard InChI is InChI=1S/C14H21NO3/c1-10-3-4-14(17-2)12(7-10)13(16)8-11-9-18-6-5-15-11/h3-4,7,11,13,15-16H,5-6,8-9H2,1-2H3. The van der Waals surface area contributed by atoms with Gasteiger partial charge in [0.25, 0.3) is 0 Å². The zero-order valence-electron chi connectivity index (χ0n) is 11.0. The van der Waals surface area contributed by atoms with E-state index in [0.29, 0.717) is 13.0 Å². The fourth-order valence-corrected chi connectivity index (χ4v) is 2.28. The Bertz CT molecular complexity index is 389.